The molecule has 1 aromatic rings. The molecule has 1 heterocycles. The number of benzene rings is 1. The van der Waals surface area contributed by atoms with Crippen LogP contribution in [0.1, 0.15) is 6.42 Å². The summed E-state index contributed by atoms with van der Waals surface area (Å²) in [5.41, 5.74) is 0.389. The lowest BCUT2D eigenvalue weighted by Crippen LogP contribution is -2.25. The first-order valence-electron chi connectivity index (χ1n) is 5.06. The van der Waals surface area contributed by atoms with Crippen molar-refractivity contribution in [2.24, 2.45) is 0 Å². The standard InChI is InChI=1S/C11H10BrF2NO2/c12-7-5-10(16)15(6-7)8-3-1-2-4-9(8)17-11(13)14/h1-4,7,11H,5-6H2. The molecule has 1 atom stereocenters. The van der Waals surface area contributed by atoms with Crippen molar-refractivity contribution in [1.29, 1.82) is 0 Å². The summed E-state index contributed by atoms with van der Waals surface area (Å²) in [4.78, 5) is 13.2. The molecule has 3 nitrogen and oxygen atoms in total. The largest absolute Gasteiger partial charge is 0.433 e. The first-order valence-corrected chi connectivity index (χ1v) is 5.98. The summed E-state index contributed by atoms with van der Waals surface area (Å²) in [5.74, 6) is -0.0744. The van der Waals surface area contributed by atoms with Crippen molar-refractivity contribution in [3.63, 3.8) is 0 Å². The Morgan fingerprint density at radius 3 is 2.71 bits per heavy atom. The Morgan fingerprint density at radius 2 is 2.12 bits per heavy atom. The Kier molecular flexibility index (Phi) is 3.61. The van der Waals surface area contributed by atoms with Crippen molar-refractivity contribution in [3.8, 4) is 5.75 Å². The van der Waals surface area contributed by atoms with Gasteiger partial charge in [-0.25, -0.2) is 0 Å². The fourth-order valence-corrected chi connectivity index (χ4v) is 2.34. The summed E-state index contributed by atoms with van der Waals surface area (Å²) in [7, 11) is 0. The Hall–Kier alpha value is -1.17. The Bertz CT molecular complexity index is 428. The van der Waals surface area contributed by atoms with E-state index in [2.05, 4.69) is 20.7 Å². The van der Waals surface area contributed by atoms with Crippen LogP contribution in [0.15, 0.2) is 24.3 Å². The fraction of sp³-hybridized carbons (Fsp3) is 0.364. The van der Waals surface area contributed by atoms with Crippen LogP contribution in [0.4, 0.5) is 14.5 Å². The number of para-hydroxylation sites is 2. The average molecular weight is 306 g/mol. The van der Waals surface area contributed by atoms with Gasteiger partial charge < -0.3 is 9.64 Å². The quantitative estimate of drug-likeness (QED) is 0.804. The first-order chi connectivity index (χ1) is 8.08. The highest BCUT2D eigenvalue weighted by Gasteiger charge is 2.30. The van der Waals surface area contributed by atoms with Crippen LogP contribution in [-0.4, -0.2) is 23.9 Å². The highest BCUT2D eigenvalue weighted by atomic mass is 79.9. The second-order valence-electron chi connectivity index (χ2n) is 3.65. The van der Waals surface area contributed by atoms with Gasteiger partial charge in [-0.1, -0.05) is 28.1 Å². The molecule has 1 fully saturated rings. The molecule has 0 bridgehead atoms. The molecule has 0 spiro atoms. The van der Waals surface area contributed by atoms with Crippen molar-refractivity contribution < 1.29 is 18.3 Å². The van der Waals surface area contributed by atoms with Crippen LogP contribution >= 0.6 is 15.9 Å². The van der Waals surface area contributed by atoms with Crippen LogP contribution in [0.5, 0.6) is 5.75 Å². The van der Waals surface area contributed by atoms with E-state index in [1.807, 2.05) is 0 Å². The van der Waals surface area contributed by atoms with Crippen LogP contribution < -0.4 is 9.64 Å². The summed E-state index contributed by atoms with van der Waals surface area (Å²) in [6.45, 7) is -2.43. The number of hydrogen-bond acceptors (Lipinski definition) is 2. The van der Waals surface area contributed by atoms with E-state index in [-0.39, 0.29) is 16.5 Å². The SMILES string of the molecule is O=C1CC(Br)CN1c1ccccc1OC(F)F. The molecule has 6 heteroatoms. The van der Waals surface area contributed by atoms with Gasteiger partial charge in [0.2, 0.25) is 5.91 Å². The molecular formula is C11H10BrF2NO2. The zero-order chi connectivity index (χ0) is 12.4. The Morgan fingerprint density at radius 1 is 1.41 bits per heavy atom. The van der Waals surface area contributed by atoms with Gasteiger partial charge >= 0.3 is 6.61 Å². The van der Waals surface area contributed by atoms with Crippen LogP contribution in [0.25, 0.3) is 0 Å². The molecule has 1 unspecified atom stereocenters. The van der Waals surface area contributed by atoms with Gasteiger partial charge in [0, 0.05) is 17.8 Å². The maximum absolute atomic E-state index is 12.2. The predicted octanol–water partition coefficient (Wildman–Crippen LogP) is 2.79. The van der Waals surface area contributed by atoms with Gasteiger partial charge in [0.25, 0.3) is 0 Å². The minimum Gasteiger partial charge on any atom is -0.433 e. The monoisotopic (exact) mass is 305 g/mol. The van der Waals surface area contributed by atoms with Gasteiger partial charge in [-0.2, -0.15) is 8.78 Å². The normalized spacial score (nSPS) is 20.1. The molecule has 1 aliphatic heterocycles. The third-order valence-corrected chi connectivity index (χ3v) is 3.06. The van der Waals surface area contributed by atoms with E-state index in [1.165, 1.54) is 11.0 Å². The lowest BCUT2D eigenvalue weighted by Gasteiger charge is -2.19. The molecule has 0 N–H and O–H groups in total. The number of carbonyl (C=O) groups is 1. The van der Waals surface area contributed by atoms with E-state index in [1.54, 1.807) is 18.2 Å². The van der Waals surface area contributed by atoms with Crippen LogP contribution in [0.3, 0.4) is 0 Å². The number of ether oxygens (including phenoxy) is 1. The van der Waals surface area contributed by atoms with E-state index in [9.17, 15) is 13.6 Å². The topological polar surface area (TPSA) is 29.5 Å². The minimum absolute atomic E-state index is 0.0254. The summed E-state index contributed by atoms with van der Waals surface area (Å²) >= 11 is 3.34. The maximum Gasteiger partial charge on any atom is 0.387 e. The zero-order valence-electron chi connectivity index (χ0n) is 8.78. The number of halogens is 3. The first kappa shape index (κ1) is 12.3. The van der Waals surface area contributed by atoms with Crippen molar-refractivity contribution in [1.82, 2.24) is 0 Å². The Labute approximate surface area is 105 Å². The van der Waals surface area contributed by atoms with E-state index >= 15 is 0 Å². The van der Waals surface area contributed by atoms with Crippen LogP contribution in [-0.2, 0) is 4.79 Å². The van der Waals surface area contributed by atoms with Gasteiger partial charge in [0.1, 0.15) is 5.75 Å². The molecule has 0 aliphatic carbocycles. The van der Waals surface area contributed by atoms with Gasteiger partial charge in [-0.05, 0) is 12.1 Å². The molecule has 1 aromatic carbocycles. The fourth-order valence-electron chi connectivity index (χ4n) is 1.77. The Balaban J connectivity index is 2.28. The molecule has 1 aliphatic rings. The van der Waals surface area contributed by atoms with Crippen molar-refractivity contribution in [2.45, 2.75) is 17.9 Å². The molecule has 0 radical (unpaired) electrons. The zero-order valence-corrected chi connectivity index (χ0v) is 10.4. The van der Waals surface area contributed by atoms with Crippen LogP contribution in [0.2, 0.25) is 0 Å². The summed E-state index contributed by atoms with van der Waals surface area (Å²) in [5, 5.41) is 0. The molecule has 2 rings (SSSR count). The summed E-state index contributed by atoms with van der Waals surface area (Å²) in [6.07, 6.45) is 0.364. The number of alkyl halides is 3. The van der Waals surface area contributed by atoms with Crippen molar-refractivity contribution >= 4 is 27.5 Å². The number of rotatable bonds is 3. The predicted molar refractivity (Wildman–Crippen MR) is 62.8 cm³/mol. The molecule has 1 amide bonds. The third-order valence-electron chi connectivity index (χ3n) is 2.45. The van der Waals surface area contributed by atoms with E-state index in [4.69, 9.17) is 0 Å². The summed E-state index contributed by atoms with van der Waals surface area (Å²) < 4.78 is 28.9. The van der Waals surface area contributed by atoms with Gasteiger partial charge in [0.15, 0.2) is 0 Å². The number of carbonyl (C=O) groups excluding carboxylic acids is 1. The molecule has 92 valence electrons. The van der Waals surface area contributed by atoms with Gasteiger partial charge in [-0.3, -0.25) is 4.79 Å². The van der Waals surface area contributed by atoms with E-state index in [0.717, 1.165) is 0 Å². The van der Waals surface area contributed by atoms with E-state index in [0.29, 0.717) is 18.7 Å². The average Bonchev–Trinajstić information content (AvgIpc) is 2.58. The lowest BCUT2D eigenvalue weighted by atomic mass is 10.2. The molecule has 0 aromatic heterocycles. The smallest absolute Gasteiger partial charge is 0.387 e. The highest BCUT2D eigenvalue weighted by Crippen LogP contribution is 2.33. The van der Waals surface area contributed by atoms with Crippen molar-refractivity contribution in [3.05, 3.63) is 24.3 Å². The van der Waals surface area contributed by atoms with E-state index < -0.39 is 6.61 Å². The van der Waals surface area contributed by atoms with Crippen LogP contribution in [0, 0.1) is 0 Å². The maximum atomic E-state index is 12.2. The van der Waals surface area contributed by atoms with Crippen molar-refractivity contribution in [2.75, 3.05) is 11.4 Å². The van der Waals surface area contributed by atoms with Gasteiger partial charge in [0.05, 0.1) is 5.69 Å². The van der Waals surface area contributed by atoms with Gasteiger partial charge in [-0.15, -0.1) is 0 Å². The third kappa shape index (κ3) is 2.74. The molecular weight excluding hydrogens is 296 g/mol. The second-order valence-corrected chi connectivity index (χ2v) is 4.95. The molecule has 1 saturated heterocycles. The minimum atomic E-state index is -2.89. The number of hydrogen-bond donors (Lipinski definition) is 0. The highest BCUT2D eigenvalue weighted by molar-refractivity contribution is 9.09. The molecule has 17 heavy (non-hydrogen) atoms. The number of amides is 1. The molecule has 0 saturated carbocycles. The summed E-state index contributed by atoms with van der Waals surface area (Å²) in [6, 6.07) is 6.30. The lowest BCUT2D eigenvalue weighted by molar-refractivity contribution is -0.117. The second kappa shape index (κ2) is 5.00. The number of nitrogens with zero attached hydrogens (tertiary/aromatic N) is 1. The number of anilines is 1.